The summed E-state index contributed by atoms with van der Waals surface area (Å²) in [5.41, 5.74) is -1.42. The summed E-state index contributed by atoms with van der Waals surface area (Å²) >= 11 is 0. The monoisotopic (exact) mass is 333 g/mol. The molecule has 2 atom stereocenters. The Hall–Kier alpha value is -2.27. The van der Waals surface area contributed by atoms with Crippen LogP contribution in [0.25, 0.3) is 5.76 Å². The van der Waals surface area contributed by atoms with E-state index in [0.717, 1.165) is 0 Å². The van der Waals surface area contributed by atoms with Crippen molar-refractivity contribution in [3.8, 4) is 0 Å². The summed E-state index contributed by atoms with van der Waals surface area (Å²) in [6.07, 6.45) is -4.46. The molecular formula is C19H18F3NO. The standard InChI is InChI=1S/C19H18F3NO/c1-23(2)17-18(19(20,21)22,15-11-7-4-8-12-15)13-16(24-17)14-9-5-3-6-10-14/h3-13,17H,1-2H3. The molecular weight excluding hydrogens is 315 g/mol. The van der Waals surface area contributed by atoms with E-state index in [1.165, 1.54) is 23.1 Å². The molecule has 1 heterocycles. The Bertz CT molecular complexity index is 725. The lowest BCUT2D eigenvalue weighted by molar-refractivity contribution is -0.211. The summed E-state index contributed by atoms with van der Waals surface area (Å²) in [5.74, 6) is 0.246. The molecule has 1 aliphatic heterocycles. The second-order valence-electron chi connectivity index (χ2n) is 6.04. The number of halogens is 3. The van der Waals surface area contributed by atoms with E-state index in [-0.39, 0.29) is 11.3 Å². The van der Waals surface area contributed by atoms with E-state index in [9.17, 15) is 13.2 Å². The molecule has 126 valence electrons. The van der Waals surface area contributed by atoms with Crippen molar-refractivity contribution in [2.75, 3.05) is 14.1 Å². The van der Waals surface area contributed by atoms with Crippen LogP contribution in [0.5, 0.6) is 0 Å². The highest BCUT2D eigenvalue weighted by molar-refractivity contribution is 5.65. The largest absolute Gasteiger partial charge is 0.473 e. The van der Waals surface area contributed by atoms with E-state index in [1.54, 1.807) is 56.6 Å². The molecule has 2 aromatic rings. The van der Waals surface area contributed by atoms with Gasteiger partial charge in [-0.3, -0.25) is 4.90 Å². The van der Waals surface area contributed by atoms with E-state index in [1.807, 2.05) is 6.07 Å². The summed E-state index contributed by atoms with van der Waals surface area (Å²) in [5, 5.41) is 0. The van der Waals surface area contributed by atoms with Crippen molar-refractivity contribution in [2.24, 2.45) is 0 Å². The first-order chi connectivity index (χ1) is 11.4. The Labute approximate surface area is 139 Å². The zero-order chi connectivity index (χ0) is 17.4. The average Bonchev–Trinajstić information content (AvgIpc) is 2.98. The van der Waals surface area contributed by atoms with E-state index >= 15 is 0 Å². The summed E-state index contributed by atoms with van der Waals surface area (Å²) in [7, 11) is 3.19. The average molecular weight is 333 g/mol. The number of hydrogen-bond acceptors (Lipinski definition) is 2. The predicted molar refractivity (Wildman–Crippen MR) is 87.2 cm³/mol. The number of hydrogen-bond donors (Lipinski definition) is 0. The van der Waals surface area contributed by atoms with Gasteiger partial charge in [0.1, 0.15) is 5.76 Å². The highest BCUT2D eigenvalue weighted by atomic mass is 19.4. The van der Waals surface area contributed by atoms with Gasteiger partial charge in [-0.15, -0.1) is 0 Å². The third-order valence-electron chi connectivity index (χ3n) is 4.23. The van der Waals surface area contributed by atoms with Gasteiger partial charge in [-0.05, 0) is 25.7 Å². The number of nitrogens with zero attached hydrogens (tertiary/aromatic N) is 1. The van der Waals surface area contributed by atoms with Gasteiger partial charge < -0.3 is 4.74 Å². The molecule has 0 aliphatic carbocycles. The van der Waals surface area contributed by atoms with Crippen LogP contribution in [-0.2, 0) is 10.2 Å². The molecule has 0 bridgehead atoms. The first kappa shape index (κ1) is 16.6. The third kappa shape index (κ3) is 2.59. The minimum absolute atomic E-state index is 0.169. The topological polar surface area (TPSA) is 12.5 Å². The minimum Gasteiger partial charge on any atom is -0.473 e. The van der Waals surface area contributed by atoms with Crippen LogP contribution < -0.4 is 0 Å². The number of ether oxygens (including phenoxy) is 1. The molecule has 24 heavy (non-hydrogen) atoms. The molecule has 0 spiro atoms. The lowest BCUT2D eigenvalue weighted by Crippen LogP contribution is -2.54. The molecule has 0 saturated carbocycles. The molecule has 2 aromatic carbocycles. The summed E-state index contributed by atoms with van der Waals surface area (Å²) < 4.78 is 48.5. The van der Waals surface area contributed by atoms with Crippen molar-refractivity contribution in [3.05, 3.63) is 77.9 Å². The Morgan fingerprint density at radius 1 is 0.917 bits per heavy atom. The molecule has 2 nitrogen and oxygen atoms in total. The van der Waals surface area contributed by atoms with Crippen LogP contribution in [0.15, 0.2) is 66.7 Å². The lowest BCUT2D eigenvalue weighted by atomic mass is 9.77. The molecule has 0 N–H and O–H groups in total. The first-order valence-corrected chi connectivity index (χ1v) is 7.60. The highest BCUT2D eigenvalue weighted by Gasteiger charge is 2.64. The van der Waals surface area contributed by atoms with Gasteiger partial charge >= 0.3 is 6.18 Å². The van der Waals surface area contributed by atoms with E-state index in [2.05, 4.69) is 0 Å². The van der Waals surface area contributed by atoms with Crippen LogP contribution in [0.4, 0.5) is 13.2 Å². The van der Waals surface area contributed by atoms with Gasteiger partial charge in [0.05, 0.1) is 0 Å². The second kappa shape index (κ2) is 5.98. The molecule has 0 saturated heterocycles. The van der Waals surface area contributed by atoms with E-state index in [0.29, 0.717) is 5.56 Å². The minimum atomic E-state index is -4.50. The van der Waals surface area contributed by atoms with Crippen LogP contribution >= 0.6 is 0 Å². The second-order valence-corrected chi connectivity index (χ2v) is 6.04. The molecule has 5 heteroatoms. The Balaban J connectivity index is 2.22. The van der Waals surface area contributed by atoms with Crippen molar-refractivity contribution < 1.29 is 17.9 Å². The SMILES string of the molecule is CN(C)C1OC(c2ccccc2)=CC1(c1ccccc1)C(F)(F)F. The molecule has 1 aliphatic rings. The van der Waals surface area contributed by atoms with Gasteiger partial charge in [0.2, 0.25) is 0 Å². The zero-order valence-corrected chi connectivity index (χ0v) is 13.4. The quantitative estimate of drug-likeness (QED) is 0.823. The Morgan fingerprint density at radius 2 is 1.46 bits per heavy atom. The highest BCUT2D eigenvalue weighted by Crippen LogP contribution is 2.52. The predicted octanol–water partition coefficient (Wildman–Crippen LogP) is 4.45. The van der Waals surface area contributed by atoms with Crippen LogP contribution in [0.2, 0.25) is 0 Å². The van der Waals surface area contributed by atoms with Gasteiger partial charge in [-0.2, -0.15) is 13.2 Å². The maximum absolute atomic E-state index is 14.2. The van der Waals surface area contributed by atoms with Crippen LogP contribution in [0, 0.1) is 0 Å². The maximum atomic E-state index is 14.2. The van der Waals surface area contributed by atoms with Crippen LogP contribution in [0.3, 0.4) is 0 Å². The summed E-state index contributed by atoms with van der Waals surface area (Å²) in [6, 6.07) is 16.8. The maximum Gasteiger partial charge on any atom is 0.406 e. The van der Waals surface area contributed by atoms with Gasteiger partial charge in [0, 0.05) is 5.56 Å². The molecule has 0 aromatic heterocycles. The Morgan fingerprint density at radius 3 is 1.96 bits per heavy atom. The number of rotatable bonds is 3. The molecule has 0 radical (unpaired) electrons. The Kier molecular flexibility index (Phi) is 4.13. The number of alkyl halides is 3. The van der Waals surface area contributed by atoms with Crippen LogP contribution in [-0.4, -0.2) is 31.4 Å². The fourth-order valence-electron chi connectivity index (χ4n) is 3.12. The molecule has 0 amide bonds. The lowest BCUT2D eigenvalue weighted by Gasteiger charge is -2.38. The van der Waals surface area contributed by atoms with Crippen molar-refractivity contribution in [1.82, 2.24) is 4.90 Å². The van der Waals surface area contributed by atoms with Gasteiger partial charge in [0.15, 0.2) is 11.6 Å². The molecule has 3 rings (SSSR count). The first-order valence-electron chi connectivity index (χ1n) is 7.60. The summed E-state index contributed by atoms with van der Waals surface area (Å²) in [4.78, 5) is 1.47. The number of likely N-dealkylation sites (N-methyl/N-ethyl adjacent to an activating group) is 1. The van der Waals surface area contributed by atoms with Crippen molar-refractivity contribution in [1.29, 1.82) is 0 Å². The van der Waals surface area contributed by atoms with E-state index in [4.69, 9.17) is 4.74 Å². The van der Waals surface area contributed by atoms with Crippen molar-refractivity contribution in [2.45, 2.75) is 17.8 Å². The smallest absolute Gasteiger partial charge is 0.406 e. The van der Waals surface area contributed by atoms with Crippen molar-refractivity contribution >= 4 is 5.76 Å². The fraction of sp³-hybridized carbons (Fsp3) is 0.263. The molecule has 0 fully saturated rings. The molecule has 2 unspecified atom stereocenters. The summed E-state index contributed by atoms with van der Waals surface area (Å²) in [6.45, 7) is 0. The normalized spacial score (nSPS) is 23.9. The number of benzene rings is 2. The fourth-order valence-corrected chi connectivity index (χ4v) is 3.12. The zero-order valence-electron chi connectivity index (χ0n) is 13.4. The van der Waals surface area contributed by atoms with E-state index < -0.39 is 17.8 Å². The third-order valence-corrected chi connectivity index (χ3v) is 4.23. The van der Waals surface area contributed by atoms with Gasteiger partial charge in [-0.1, -0.05) is 60.7 Å². The van der Waals surface area contributed by atoms with Gasteiger partial charge in [-0.25, -0.2) is 0 Å². The van der Waals surface area contributed by atoms with Gasteiger partial charge in [0.25, 0.3) is 0 Å². The van der Waals surface area contributed by atoms with Crippen LogP contribution in [0.1, 0.15) is 11.1 Å². The van der Waals surface area contributed by atoms with Crippen molar-refractivity contribution in [3.63, 3.8) is 0 Å².